The largest absolute Gasteiger partial charge is 0.461 e. The number of carbonyl (C=O) groups excluding carboxylic acids is 2. The van der Waals surface area contributed by atoms with E-state index in [1.54, 1.807) is 0 Å². The Hall–Kier alpha value is -1.62. The average Bonchev–Trinajstić information content (AvgIpc) is 2.69. The zero-order chi connectivity index (χ0) is 16.2. The predicted octanol–water partition coefficient (Wildman–Crippen LogP) is 1.90. The number of hydrogen-bond donors (Lipinski definition) is 1. The number of aliphatic hydroxyl groups is 1. The predicted molar refractivity (Wildman–Crippen MR) is 78.7 cm³/mol. The van der Waals surface area contributed by atoms with Crippen LogP contribution >= 0.6 is 0 Å². The summed E-state index contributed by atoms with van der Waals surface area (Å²) in [6.45, 7) is 9.17. The summed E-state index contributed by atoms with van der Waals surface area (Å²) in [4.78, 5) is 23.4. The van der Waals surface area contributed by atoms with Gasteiger partial charge in [0, 0.05) is 24.3 Å². The van der Waals surface area contributed by atoms with Gasteiger partial charge in [-0.05, 0) is 19.8 Å². The fourth-order valence-corrected chi connectivity index (χ4v) is 4.22. The maximum absolute atomic E-state index is 11.9. The molecule has 0 spiro atoms. The fraction of sp³-hybridized carbons (Fsp3) is 0.647. The van der Waals surface area contributed by atoms with Gasteiger partial charge in [-0.25, -0.2) is 4.79 Å². The smallest absolute Gasteiger partial charge is 0.334 e. The van der Waals surface area contributed by atoms with Crippen molar-refractivity contribution in [2.45, 2.75) is 58.3 Å². The molecule has 5 nitrogen and oxygen atoms in total. The molecule has 3 aliphatic rings. The fourth-order valence-electron chi connectivity index (χ4n) is 4.22. The lowest BCUT2D eigenvalue weighted by Crippen LogP contribution is -2.53. The molecule has 1 heterocycles. The summed E-state index contributed by atoms with van der Waals surface area (Å²) in [6.07, 6.45) is 0.322. The monoisotopic (exact) mass is 306 g/mol. The Labute approximate surface area is 130 Å². The van der Waals surface area contributed by atoms with Gasteiger partial charge < -0.3 is 14.6 Å². The lowest BCUT2D eigenvalue weighted by molar-refractivity contribution is -0.159. The summed E-state index contributed by atoms with van der Waals surface area (Å²) < 4.78 is 10.8. The molecular formula is C17H22O5. The summed E-state index contributed by atoms with van der Waals surface area (Å²) in [6, 6.07) is 0. The van der Waals surface area contributed by atoms with E-state index in [-0.39, 0.29) is 11.0 Å². The number of ether oxygens (including phenoxy) is 2. The van der Waals surface area contributed by atoms with Crippen molar-refractivity contribution in [1.82, 2.24) is 0 Å². The van der Waals surface area contributed by atoms with Gasteiger partial charge >= 0.3 is 11.9 Å². The normalized spacial score (nSPS) is 44.2. The van der Waals surface area contributed by atoms with Gasteiger partial charge in [-0.3, -0.25) is 4.79 Å². The van der Waals surface area contributed by atoms with Gasteiger partial charge in [-0.1, -0.05) is 24.6 Å². The molecule has 2 fully saturated rings. The third-order valence-corrected chi connectivity index (χ3v) is 5.55. The van der Waals surface area contributed by atoms with Crippen LogP contribution in [0.3, 0.4) is 0 Å². The Morgan fingerprint density at radius 1 is 1.50 bits per heavy atom. The summed E-state index contributed by atoms with van der Waals surface area (Å²) in [5.41, 5.74) is 2.25. The van der Waals surface area contributed by atoms with Crippen LogP contribution in [0.4, 0.5) is 0 Å². The van der Waals surface area contributed by atoms with Crippen LogP contribution in [-0.2, 0) is 19.1 Å². The Balaban J connectivity index is 2.06. The zero-order valence-corrected chi connectivity index (χ0v) is 13.2. The highest BCUT2D eigenvalue weighted by Gasteiger charge is 2.57. The number of esters is 2. The number of carbonyl (C=O) groups is 2. The van der Waals surface area contributed by atoms with Crippen molar-refractivity contribution in [1.29, 1.82) is 0 Å². The summed E-state index contributed by atoms with van der Waals surface area (Å²) in [7, 11) is 0. The SMILES string of the molecule is C=C1C(=O)O[C@H]2[C@H]1[C@H](OC(C)=O)C/C(C)=C1/CC[C@@]1(C)[C@@H]2O. The molecule has 0 unspecified atom stereocenters. The summed E-state index contributed by atoms with van der Waals surface area (Å²) >= 11 is 0. The van der Waals surface area contributed by atoms with Crippen molar-refractivity contribution in [2.24, 2.45) is 11.3 Å². The molecule has 1 aliphatic heterocycles. The van der Waals surface area contributed by atoms with E-state index in [1.807, 2.05) is 13.8 Å². The molecule has 1 saturated heterocycles. The first-order valence-corrected chi connectivity index (χ1v) is 7.70. The lowest BCUT2D eigenvalue weighted by Gasteiger charge is -2.50. The van der Waals surface area contributed by atoms with Gasteiger partial charge in [0.15, 0.2) is 0 Å². The highest BCUT2D eigenvalue weighted by Crippen LogP contribution is 2.55. The maximum atomic E-state index is 11.9. The van der Waals surface area contributed by atoms with Gasteiger partial charge in [0.05, 0.1) is 5.92 Å². The van der Waals surface area contributed by atoms with Gasteiger partial charge in [0.1, 0.15) is 18.3 Å². The van der Waals surface area contributed by atoms with E-state index >= 15 is 0 Å². The molecule has 0 aromatic heterocycles. The lowest BCUT2D eigenvalue weighted by atomic mass is 9.57. The number of rotatable bonds is 1. The second kappa shape index (κ2) is 4.95. The molecule has 2 aliphatic carbocycles. The molecule has 0 amide bonds. The average molecular weight is 306 g/mol. The van der Waals surface area contributed by atoms with Crippen LogP contribution < -0.4 is 0 Å². The second-order valence-electron chi connectivity index (χ2n) is 6.89. The van der Waals surface area contributed by atoms with E-state index in [1.165, 1.54) is 12.5 Å². The molecule has 5 atom stereocenters. The van der Waals surface area contributed by atoms with Crippen molar-refractivity contribution in [3.8, 4) is 0 Å². The minimum Gasteiger partial charge on any atom is -0.461 e. The first-order chi connectivity index (χ1) is 10.3. The number of aliphatic hydroxyl groups excluding tert-OH is 1. The molecule has 0 bridgehead atoms. The third kappa shape index (κ3) is 2.02. The highest BCUT2D eigenvalue weighted by atomic mass is 16.6. The van der Waals surface area contributed by atoms with Crippen molar-refractivity contribution >= 4 is 11.9 Å². The van der Waals surface area contributed by atoms with Gasteiger partial charge in [0.2, 0.25) is 0 Å². The number of fused-ring (bicyclic) bond motifs is 2. The van der Waals surface area contributed by atoms with Crippen LogP contribution in [0, 0.1) is 11.3 Å². The van der Waals surface area contributed by atoms with Crippen LogP contribution in [0.15, 0.2) is 23.3 Å². The van der Waals surface area contributed by atoms with Gasteiger partial charge in [0.25, 0.3) is 0 Å². The van der Waals surface area contributed by atoms with Crippen molar-refractivity contribution in [3.05, 3.63) is 23.3 Å². The minimum atomic E-state index is -0.808. The summed E-state index contributed by atoms with van der Waals surface area (Å²) in [5, 5.41) is 10.8. The molecule has 22 heavy (non-hydrogen) atoms. The first kappa shape index (κ1) is 15.3. The van der Waals surface area contributed by atoms with E-state index in [2.05, 4.69) is 6.58 Å². The highest BCUT2D eigenvalue weighted by molar-refractivity contribution is 5.91. The van der Waals surface area contributed by atoms with Gasteiger partial charge in [-0.2, -0.15) is 0 Å². The second-order valence-corrected chi connectivity index (χ2v) is 6.89. The topological polar surface area (TPSA) is 72.8 Å². The van der Waals surface area contributed by atoms with Crippen molar-refractivity contribution in [2.75, 3.05) is 0 Å². The maximum Gasteiger partial charge on any atom is 0.334 e. The van der Waals surface area contributed by atoms with Crippen molar-refractivity contribution in [3.63, 3.8) is 0 Å². The van der Waals surface area contributed by atoms with Crippen LogP contribution in [0.5, 0.6) is 0 Å². The number of hydrogen-bond acceptors (Lipinski definition) is 5. The van der Waals surface area contributed by atoms with E-state index < -0.39 is 36.2 Å². The Morgan fingerprint density at radius 3 is 2.73 bits per heavy atom. The molecule has 3 rings (SSSR count). The molecule has 0 aromatic rings. The molecule has 1 saturated carbocycles. The van der Waals surface area contributed by atoms with Crippen LogP contribution in [0.25, 0.3) is 0 Å². The molecule has 5 heteroatoms. The first-order valence-electron chi connectivity index (χ1n) is 7.70. The van der Waals surface area contributed by atoms with E-state index in [4.69, 9.17) is 9.47 Å². The van der Waals surface area contributed by atoms with E-state index in [9.17, 15) is 14.7 Å². The molecule has 0 radical (unpaired) electrons. The minimum absolute atomic E-state index is 0.287. The van der Waals surface area contributed by atoms with E-state index in [0.29, 0.717) is 6.42 Å². The van der Waals surface area contributed by atoms with Crippen LogP contribution in [0.1, 0.15) is 40.0 Å². The molecule has 0 aromatic carbocycles. The zero-order valence-electron chi connectivity index (χ0n) is 13.2. The molecule has 120 valence electrons. The Morgan fingerprint density at radius 2 is 2.18 bits per heavy atom. The Kier molecular flexibility index (Phi) is 3.44. The quantitative estimate of drug-likeness (QED) is 0.455. The molecule has 1 N–H and O–H groups in total. The van der Waals surface area contributed by atoms with E-state index in [0.717, 1.165) is 18.4 Å². The van der Waals surface area contributed by atoms with Crippen LogP contribution in [-0.4, -0.2) is 35.4 Å². The standard InChI is InChI=1S/C17H22O5/c1-8-7-12(21-10(3)18)13-9(2)16(20)22-14(13)15(19)17(4)6-5-11(8)17/h12-15,19H,2,5-7H2,1,3-4H3/b11-8-/t12-,13-,14+,15-,17-/m1/s1. The third-order valence-electron chi connectivity index (χ3n) is 5.55. The summed E-state index contributed by atoms with van der Waals surface area (Å²) in [5.74, 6) is -1.39. The van der Waals surface area contributed by atoms with Gasteiger partial charge in [-0.15, -0.1) is 0 Å². The van der Waals surface area contributed by atoms with Crippen molar-refractivity contribution < 1.29 is 24.2 Å². The van der Waals surface area contributed by atoms with Crippen LogP contribution in [0.2, 0.25) is 0 Å². The molecular weight excluding hydrogens is 284 g/mol. The Bertz CT molecular complexity index is 590.